The van der Waals surface area contributed by atoms with Gasteiger partial charge in [0, 0.05) is 50.1 Å². The van der Waals surface area contributed by atoms with Crippen molar-refractivity contribution >= 4 is 11.8 Å². The summed E-state index contributed by atoms with van der Waals surface area (Å²) >= 11 is 0. The summed E-state index contributed by atoms with van der Waals surface area (Å²) in [5.41, 5.74) is -2.30. The normalized spacial score (nSPS) is 18.1. The number of pyridine rings is 1. The van der Waals surface area contributed by atoms with Gasteiger partial charge in [-0.1, -0.05) is 12.8 Å². The molecule has 1 aromatic heterocycles. The number of hydrogen-bond acceptors (Lipinski definition) is 4. The average Bonchev–Trinajstić information content (AvgIpc) is 3.51. The van der Waals surface area contributed by atoms with Crippen molar-refractivity contribution in [2.75, 3.05) is 7.05 Å². The molecule has 2 amide bonds. The first-order valence-corrected chi connectivity index (χ1v) is 9.82. The van der Waals surface area contributed by atoms with Gasteiger partial charge in [-0.05, 0) is 12.3 Å². The van der Waals surface area contributed by atoms with E-state index in [-0.39, 0.29) is 11.7 Å². The molecular formula is C21H20F3N3O4. The molecule has 0 radical (unpaired) electrons. The van der Waals surface area contributed by atoms with Gasteiger partial charge in [-0.3, -0.25) is 14.4 Å². The summed E-state index contributed by atoms with van der Waals surface area (Å²) in [4.78, 5) is 39.2. The molecule has 4 rings (SSSR count). The van der Waals surface area contributed by atoms with Crippen LogP contribution in [-0.4, -0.2) is 39.5 Å². The lowest BCUT2D eigenvalue weighted by atomic mass is 10.0. The van der Waals surface area contributed by atoms with Crippen LogP contribution in [0.25, 0.3) is 0 Å². The fourth-order valence-corrected chi connectivity index (χ4v) is 3.84. The number of nitrogens with one attached hydrogen (secondary N) is 1. The maximum absolute atomic E-state index is 13.8. The number of benzene rings is 1. The number of fused-ring (bicyclic) bond motifs is 1. The van der Waals surface area contributed by atoms with E-state index in [1.807, 2.05) is 0 Å². The third-order valence-electron chi connectivity index (χ3n) is 5.81. The van der Waals surface area contributed by atoms with Gasteiger partial charge >= 0.3 is 0 Å². The molecule has 2 aliphatic rings. The van der Waals surface area contributed by atoms with Gasteiger partial charge in [0.1, 0.15) is 23.0 Å². The Bertz CT molecular complexity index is 1120. The number of amides is 2. The van der Waals surface area contributed by atoms with Crippen molar-refractivity contribution in [2.24, 2.45) is 5.92 Å². The molecule has 1 atom stereocenters. The molecule has 0 saturated heterocycles. The molecule has 7 nitrogen and oxygen atoms in total. The second-order valence-corrected chi connectivity index (χ2v) is 8.00. The number of nitrogens with zero attached hydrogens (tertiary/aromatic N) is 2. The number of halogens is 3. The van der Waals surface area contributed by atoms with E-state index in [9.17, 15) is 32.7 Å². The van der Waals surface area contributed by atoms with E-state index >= 15 is 0 Å². The summed E-state index contributed by atoms with van der Waals surface area (Å²) in [7, 11) is 1.61. The highest BCUT2D eigenvalue weighted by Crippen LogP contribution is 2.36. The fourth-order valence-electron chi connectivity index (χ4n) is 3.84. The molecular weight excluding hydrogens is 415 g/mol. The molecule has 2 heterocycles. The van der Waals surface area contributed by atoms with Gasteiger partial charge in [0.15, 0.2) is 11.4 Å². The first-order valence-electron chi connectivity index (χ1n) is 9.82. The number of carbonyl (C=O) groups is 2. The van der Waals surface area contributed by atoms with E-state index in [2.05, 4.69) is 5.32 Å². The van der Waals surface area contributed by atoms with Crippen LogP contribution in [0.1, 0.15) is 45.7 Å². The minimum atomic E-state index is -1.18. The lowest BCUT2D eigenvalue weighted by Gasteiger charge is -2.35. The number of likely N-dealkylation sites (N-methyl/N-ethyl adjacent to an activating group) is 1. The Labute approximate surface area is 175 Å². The van der Waals surface area contributed by atoms with E-state index in [0.717, 1.165) is 19.3 Å². The molecule has 0 spiro atoms. The molecule has 0 unspecified atom stereocenters. The van der Waals surface area contributed by atoms with Crippen molar-refractivity contribution in [1.82, 2.24) is 14.8 Å². The Kier molecular flexibility index (Phi) is 5.24. The largest absolute Gasteiger partial charge is 0.503 e. The molecule has 31 heavy (non-hydrogen) atoms. The van der Waals surface area contributed by atoms with Crippen molar-refractivity contribution < 1.29 is 27.9 Å². The predicted molar refractivity (Wildman–Crippen MR) is 103 cm³/mol. The van der Waals surface area contributed by atoms with Crippen LogP contribution in [0.2, 0.25) is 0 Å². The van der Waals surface area contributed by atoms with Crippen molar-refractivity contribution in [3.8, 4) is 5.75 Å². The molecule has 164 valence electrons. The van der Waals surface area contributed by atoms with Gasteiger partial charge in [-0.2, -0.15) is 0 Å². The summed E-state index contributed by atoms with van der Waals surface area (Å²) in [5.74, 6) is -5.29. The fraction of sp³-hybridized carbons (Fsp3) is 0.381. The molecule has 1 aromatic carbocycles. The van der Waals surface area contributed by atoms with E-state index < -0.39 is 58.1 Å². The van der Waals surface area contributed by atoms with Gasteiger partial charge < -0.3 is 19.9 Å². The van der Waals surface area contributed by atoms with Gasteiger partial charge in [-0.15, -0.1) is 0 Å². The highest BCUT2D eigenvalue weighted by Gasteiger charge is 2.37. The number of aromatic nitrogens is 1. The van der Waals surface area contributed by atoms with Crippen molar-refractivity contribution in [3.63, 3.8) is 0 Å². The molecule has 10 heteroatoms. The Balaban J connectivity index is 1.61. The lowest BCUT2D eigenvalue weighted by molar-refractivity contribution is 0.0629. The van der Waals surface area contributed by atoms with Crippen LogP contribution < -0.4 is 10.7 Å². The SMILES string of the molecule is CN1C(=O)c2c(O)c(=O)c(C(=O)NCc3c(F)cc(F)cc3F)cn2C[C@H]1CC1CC1. The zero-order valence-electron chi connectivity index (χ0n) is 16.6. The maximum Gasteiger partial charge on any atom is 0.274 e. The van der Waals surface area contributed by atoms with Gasteiger partial charge in [0.2, 0.25) is 5.43 Å². The summed E-state index contributed by atoms with van der Waals surface area (Å²) in [6.45, 7) is -0.339. The summed E-state index contributed by atoms with van der Waals surface area (Å²) in [6, 6.07) is 0.811. The van der Waals surface area contributed by atoms with Crippen LogP contribution in [0.5, 0.6) is 5.75 Å². The number of carbonyl (C=O) groups excluding carboxylic acids is 2. The standard InChI is InChI=1S/C21H20F3N3O4/c1-26-12(4-10-2-3-10)8-27-9-14(18(28)19(29)17(27)21(26)31)20(30)25-7-13-15(23)5-11(22)6-16(13)24/h5-6,9-10,12,29H,2-4,7-8H2,1H3,(H,25,30)/t12-/m1/s1. The monoisotopic (exact) mass is 435 g/mol. The number of rotatable bonds is 5. The summed E-state index contributed by atoms with van der Waals surface area (Å²) < 4.78 is 42.0. The minimum absolute atomic E-state index is 0.146. The van der Waals surface area contributed by atoms with Crippen LogP contribution in [0.15, 0.2) is 23.1 Å². The Hall–Kier alpha value is -3.30. The molecule has 1 fully saturated rings. The minimum Gasteiger partial charge on any atom is -0.503 e. The van der Waals surface area contributed by atoms with Crippen molar-refractivity contribution in [2.45, 2.75) is 38.4 Å². The maximum atomic E-state index is 13.8. The summed E-state index contributed by atoms with van der Waals surface area (Å²) in [6.07, 6.45) is 4.13. The smallest absolute Gasteiger partial charge is 0.274 e. The number of aromatic hydroxyl groups is 1. The van der Waals surface area contributed by atoms with Crippen LogP contribution in [0.3, 0.4) is 0 Å². The molecule has 1 saturated carbocycles. The lowest BCUT2D eigenvalue weighted by Crippen LogP contribution is -2.47. The molecule has 1 aliphatic heterocycles. The second-order valence-electron chi connectivity index (χ2n) is 8.00. The van der Waals surface area contributed by atoms with Gasteiger partial charge in [0.05, 0.1) is 0 Å². The zero-order chi connectivity index (χ0) is 22.4. The Morgan fingerprint density at radius 2 is 1.84 bits per heavy atom. The topological polar surface area (TPSA) is 91.6 Å². The van der Waals surface area contributed by atoms with Gasteiger partial charge in [-0.25, -0.2) is 13.2 Å². The Morgan fingerprint density at radius 3 is 2.45 bits per heavy atom. The van der Waals surface area contributed by atoms with Crippen LogP contribution >= 0.6 is 0 Å². The van der Waals surface area contributed by atoms with E-state index in [1.165, 1.54) is 15.7 Å². The van der Waals surface area contributed by atoms with Crippen LogP contribution in [0.4, 0.5) is 13.2 Å². The third kappa shape index (κ3) is 3.89. The van der Waals surface area contributed by atoms with E-state index in [0.29, 0.717) is 24.6 Å². The average molecular weight is 435 g/mol. The van der Waals surface area contributed by atoms with Crippen molar-refractivity contribution in [3.05, 3.63) is 62.8 Å². The number of hydrogen-bond donors (Lipinski definition) is 2. The molecule has 1 aliphatic carbocycles. The molecule has 0 bridgehead atoms. The molecule has 2 aromatic rings. The highest BCUT2D eigenvalue weighted by atomic mass is 19.1. The predicted octanol–water partition coefficient (Wildman–Crippen LogP) is 2.16. The van der Waals surface area contributed by atoms with E-state index in [1.54, 1.807) is 7.05 Å². The molecule has 2 N–H and O–H groups in total. The second kappa shape index (κ2) is 7.75. The van der Waals surface area contributed by atoms with E-state index in [4.69, 9.17) is 0 Å². The first-order chi connectivity index (χ1) is 14.7. The quantitative estimate of drug-likeness (QED) is 0.753. The zero-order valence-corrected chi connectivity index (χ0v) is 16.6. The van der Waals surface area contributed by atoms with Crippen LogP contribution in [0, 0.1) is 23.4 Å². The Morgan fingerprint density at radius 1 is 1.19 bits per heavy atom. The third-order valence-corrected chi connectivity index (χ3v) is 5.81. The van der Waals surface area contributed by atoms with Crippen molar-refractivity contribution in [1.29, 1.82) is 0 Å². The first kappa shape index (κ1) is 21.0. The summed E-state index contributed by atoms with van der Waals surface area (Å²) in [5, 5.41) is 12.5. The highest BCUT2D eigenvalue weighted by molar-refractivity contribution is 5.99. The van der Waals surface area contributed by atoms with Gasteiger partial charge in [0.25, 0.3) is 11.8 Å². The van der Waals surface area contributed by atoms with Crippen LogP contribution in [-0.2, 0) is 13.1 Å².